The summed E-state index contributed by atoms with van der Waals surface area (Å²) in [7, 11) is 0. The maximum absolute atomic E-state index is 10.9. The number of nitrogens with two attached hydrogens (primary N) is 1. The maximum atomic E-state index is 10.9. The molecule has 0 aliphatic heterocycles. The average molecular weight is 282 g/mol. The third kappa shape index (κ3) is 5.04. The number of amides is 1. The molecule has 0 radical (unpaired) electrons. The number of benzene rings is 2. The van der Waals surface area contributed by atoms with Gasteiger partial charge >= 0.3 is 0 Å². The quantitative estimate of drug-likeness (QED) is 0.818. The predicted molar refractivity (Wildman–Crippen MR) is 86.1 cm³/mol. The molecule has 1 atom stereocenters. The number of carbonyl (C=O) groups is 1. The Morgan fingerprint density at radius 1 is 1.00 bits per heavy atom. The van der Waals surface area contributed by atoms with Gasteiger partial charge < -0.3 is 11.1 Å². The normalized spacial score (nSPS) is 12.0. The minimum atomic E-state index is -0.312. The second kappa shape index (κ2) is 7.60. The van der Waals surface area contributed by atoms with E-state index in [1.54, 1.807) is 6.92 Å². The van der Waals surface area contributed by atoms with Crippen molar-refractivity contribution in [2.45, 2.75) is 25.8 Å². The largest absolute Gasteiger partial charge is 0.368 e. The summed E-state index contributed by atoms with van der Waals surface area (Å²) in [5, 5.41) is 3.11. The molecule has 2 aromatic rings. The van der Waals surface area contributed by atoms with Gasteiger partial charge in [-0.05, 0) is 43.0 Å². The van der Waals surface area contributed by atoms with Crippen LogP contribution < -0.4 is 11.1 Å². The summed E-state index contributed by atoms with van der Waals surface area (Å²) in [6, 6.07) is 18.8. The second-order valence-electron chi connectivity index (χ2n) is 5.31. The van der Waals surface area contributed by atoms with Gasteiger partial charge in [0.15, 0.2) is 0 Å². The van der Waals surface area contributed by atoms with Crippen LogP contribution in [0.4, 0.5) is 0 Å². The van der Waals surface area contributed by atoms with Gasteiger partial charge in [0.05, 0.1) is 6.04 Å². The van der Waals surface area contributed by atoms with E-state index in [0.29, 0.717) is 0 Å². The summed E-state index contributed by atoms with van der Waals surface area (Å²) in [6.07, 6.45) is 1.85. The van der Waals surface area contributed by atoms with Gasteiger partial charge in [0.25, 0.3) is 0 Å². The Morgan fingerprint density at radius 2 is 1.57 bits per heavy atom. The van der Waals surface area contributed by atoms with Crippen LogP contribution in [-0.4, -0.2) is 18.5 Å². The van der Waals surface area contributed by atoms with E-state index in [-0.39, 0.29) is 11.9 Å². The van der Waals surface area contributed by atoms with E-state index in [1.807, 2.05) is 6.07 Å². The summed E-state index contributed by atoms with van der Waals surface area (Å²) in [5.41, 5.74) is 9.10. The Balaban J connectivity index is 1.83. The van der Waals surface area contributed by atoms with Crippen molar-refractivity contribution in [1.82, 2.24) is 5.32 Å². The van der Waals surface area contributed by atoms with Crippen LogP contribution in [0.2, 0.25) is 0 Å². The van der Waals surface area contributed by atoms with Crippen LogP contribution in [0.25, 0.3) is 0 Å². The minimum Gasteiger partial charge on any atom is -0.368 e. The minimum absolute atomic E-state index is 0.276. The number of rotatable bonds is 7. The first-order valence-corrected chi connectivity index (χ1v) is 7.29. The van der Waals surface area contributed by atoms with E-state index in [4.69, 9.17) is 5.73 Å². The van der Waals surface area contributed by atoms with Crippen LogP contribution in [0.3, 0.4) is 0 Å². The molecule has 0 bridgehead atoms. The van der Waals surface area contributed by atoms with Crippen molar-refractivity contribution in [1.29, 1.82) is 0 Å². The standard InChI is InChI=1S/C18H22N2O/c1-14(18(19)21)20-12-11-15-7-9-17(10-8-15)13-16-5-3-2-4-6-16/h2-10,14,20H,11-13H2,1H3,(H2,19,21). The van der Waals surface area contributed by atoms with Crippen LogP contribution >= 0.6 is 0 Å². The van der Waals surface area contributed by atoms with Gasteiger partial charge in [0, 0.05) is 0 Å². The molecule has 0 spiro atoms. The molecule has 21 heavy (non-hydrogen) atoms. The number of nitrogens with one attached hydrogen (secondary N) is 1. The monoisotopic (exact) mass is 282 g/mol. The molecule has 0 saturated carbocycles. The molecule has 3 nitrogen and oxygen atoms in total. The Morgan fingerprint density at radius 3 is 2.19 bits per heavy atom. The van der Waals surface area contributed by atoms with E-state index in [0.717, 1.165) is 19.4 Å². The molecule has 3 N–H and O–H groups in total. The lowest BCUT2D eigenvalue weighted by molar-refractivity contribution is -0.119. The molecule has 0 aliphatic rings. The lowest BCUT2D eigenvalue weighted by atomic mass is 10.0. The van der Waals surface area contributed by atoms with Crippen molar-refractivity contribution in [2.75, 3.05) is 6.54 Å². The van der Waals surface area contributed by atoms with E-state index in [9.17, 15) is 4.79 Å². The number of carbonyl (C=O) groups excluding carboxylic acids is 1. The second-order valence-corrected chi connectivity index (χ2v) is 5.31. The van der Waals surface area contributed by atoms with Crippen molar-refractivity contribution in [3.8, 4) is 0 Å². The zero-order chi connectivity index (χ0) is 15.1. The molecule has 0 aliphatic carbocycles. The molecule has 0 aromatic heterocycles. The van der Waals surface area contributed by atoms with E-state index >= 15 is 0 Å². The van der Waals surface area contributed by atoms with Crippen molar-refractivity contribution in [3.05, 3.63) is 71.3 Å². The zero-order valence-corrected chi connectivity index (χ0v) is 12.4. The van der Waals surface area contributed by atoms with Gasteiger partial charge in [-0.15, -0.1) is 0 Å². The Kier molecular flexibility index (Phi) is 5.52. The van der Waals surface area contributed by atoms with E-state index in [1.165, 1.54) is 16.7 Å². The third-order valence-electron chi connectivity index (χ3n) is 3.57. The van der Waals surface area contributed by atoms with E-state index < -0.39 is 0 Å². The molecule has 2 aromatic carbocycles. The van der Waals surface area contributed by atoms with Gasteiger partial charge in [0.2, 0.25) is 5.91 Å². The van der Waals surface area contributed by atoms with Crippen LogP contribution in [-0.2, 0) is 17.6 Å². The first-order chi connectivity index (χ1) is 10.1. The van der Waals surface area contributed by atoms with Gasteiger partial charge in [0.1, 0.15) is 0 Å². The average Bonchev–Trinajstić information content (AvgIpc) is 2.50. The van der Waals surface area contributed by atoms with Gasteiger partial charge in [-0.3, -0.25) is 4.79 Å². The van der Waals surface area contributed by atoms with Crippen LogP contribution in [0, 0.1) is 0 Å². The summed E-state index contributed by atoms with van der Waals surface area (Å²) in [6.45, 7) is 2.54. The molecule has 1 unspecified atom stereocenters. The van der Waals surface area contributed by atoms with Gasteiger partial charge in [-0.1, -0.05) is 54.6 Å². The van der Waals surface area contributed by atoms with Crippen LogP contribution in [0.5, 0.6) is 0 Å². The molecular formula is C18H22N2O. The molecule has 110 valence electrons. The lowest BCUT2D eigenvalue weighted by Crippen LogP contribution is -2.39. The fraction of sp³-hybridized carbons (Fsp3) is 0.278. The summed E-state index contributed by atoms with van der Waals surface area (Å²) in [5.74, 6) is -0.312. The Bertz CT molecular complexity index is 564. The van der Waals surface area contributed by atoms with Crippen LogP contribution in [0.15, 0.2) is 54.6 Å². The molecule has 3 heteroatoms. The Hall–Kier alpha value is -2.13. The molecule has 0 fully saturated rings. The molecule has 0 saturated heterocycles. The lowest BCUT2D eigenvalue weighted by Gasteiger charge is -2.10. The molecular weight excluding hydrogens is 260 g/mol. The number of hydrogen-bond donors (Lipinski definition) is 2. The number of hydrogen-bond acceptors (Lipinski definition) is 2. The maximum Gasteiger partial charge on any atom is 0.234 e. The third-order valence-corrected chi connectivity index (χ3v) is 3.57. The molecule has 1 amide bonds. The van der Waals surface area contributed by atoms with Gasteiger partial charge in [-0.2, -0.15) is 0 Å². The van der Waals surface area contributed by atoms with Crippen LogP contribution in [0.1, 0.15) is 23.6 Å². The highest BCUT2D eigenvalue weighted by atomic mass is 16.1. The van der Waals surface area contributed by atoms with E-state index in [2.05, 4.69) is 53.8 Å². The fourth-order valence-corrected chi connectivity index (χ4v) is 2.19. The fourth-order valence-electron chi connectivity index (χ4n) is 2.19. The topological polar surface area (TPSA) is 55.1 Å². The highest BCUT2D eigenvalue weighted by Crippen LogP contribution is 2.11. The first kappa shape index (κ1) is 15.3. The summed E-state index contributed by atoms with van der Waals surface area (Å²) in [4.78, 5) is 10.9. The number of primary amides is 1. The summed E-state index contributed by atoms with van der Waals surface area (Å²) < 4.78 is 0. The predicted octanol–water partition coefficient (Wildman–Crippen LogP) is 2.28. The van der Waals surface area contributed by atoms with Crippen molar-refractivity contribution in [3.63, 3.8) is 0 Å². The smallest absolute Gasteiger partial charge is 0.234 e. The van der Waals surface area contributed by atoms with Crippen molar-refractivity contribution < 1.29 is 4.79 Å². The van der Waals surface area contributed by atoms with Crippen molar-refractivity contribution in [2.24, 2.45) is 5.73 Å². The summed E-state index contributed by atoms with van der Waals surface area (Å²) >= 11 is 0. The highest BCUT2D eigenvalue weighted by Gasteiger charge is 2.06. The SMILES string of the molecule is CC(NCCc1ccc(Cc2ccccc2)cc1)C(N)=O. The molecule has 0 heterocycles. The van der Waals surface area contributed by atoms with Crippen molar-refractivity contribution >= 4 is 5.91 Å². The Labute approximate surface area is 126 Å². The highest BCUT2D eigenvalue weighted by molar-refractivity contribution is 5.79. The molecule has 2 rings (SSSR count). The zero-order valence-electron chi connectivity index (χ0n) is 12.4. The van der Waals surface area contributed by atoms with Gasteiger partial charge in [-0.25, -0.2) is 0 Å². The first-order valence-electron chi connectivity index (χ1n) is 7.29.